The van der Waals surface area contributed by atoms with Crippen molar-refractivity contribution in [2.45, 2.75) is 39.3 Å². The molecule has 3 aromatic rings. The van der Waals surface area contributed by atoms with Crippen molar-refractivity contribution in [2.75, 3.05) is 10.6 Å². The number of hydrogen-bond donors (Lipinski definition) is 2. The number of halogens is 5. The van der Waals surface area contributed by atoms with E-state index in [1.54, 1.807) is 30.3 Å². The zero-order chi connectivity index (χ0) is 25.9. The fourth-order valence-electron chi connectivity index (χ4n) is 3.49. The summed E-state index contributed by atoms with van der Waals surface area (Å²) in [6.07, 6.45) is -0.0917. The average molecular weight is 496 g/mol. The van der Waals surface area contributed by atoms with Gasteiger partial charge in [-0.1, -0.05) is 43.7 Å². The summed E-state index contributed by atoms with van der Waals surface area (Å²) in [6, 6.07) is 8.08. The number of H-pyrrole nitrogens is 1. The van der Waals surface area contributed by atoms with Crippen LogP contribution in [0.3, 0.4) is 0 Å². The third-order valence-electron chi connectivity index (χ3n) is 5.33. The number of unbranched alkanes of at least 4 members (excludes halogenated alkanes) is 1. The summed E-state index contributed by atoms with van der Waals surface area (Å²) in [5.41, 5.74) is 2.81. The summed E-state index contributed by atoms with van der Waals surface area (Å²) in [4.78, 5) is 41.0. The fourth-order valence-corrected chi connectivity index (χ4v) is 3.49. The van der Waals surface area contributed by atoms with Gasteiger partial charge in [0.25, 0.3) is 5.56 Å². The summed E-state index contributed by atoms with van der Waals surface area (Å²) >= 11 is 0. The van der Waals surface area contributed by atoms with E-state index in [0.717, 1.165) is 9.47 Å². The second-order valence-corrected chi connectivity index (χ2v) is 7.69. The van der Waals surface area contributed by atoms with Gasteiger partial charge in [-0.05, 0) is 12.0 Å². The molecule has 1 amide bonds. The van der Waals surface area contributed by atoms with Gasteiger partial charge in [0, 0.05) is 12.1 Å². The van der Waals surface area contributed by atoms with E-state index in [4.69, 9.17) is 5.73 Å². The lowest BCUT2D eigenvalue weighted by Crippen LogP contribution is -2.41. The van der Waals surface area contributed by atoms with Crippen molar-refractivity contribution in [3.63, 3.8) is 0 Å². The Balaban J connectivity index is 2.15. The Morgan fingerprint density at radius 2 is 1.54 bits per heavy atom. The van der Waals surface area contributed by atoms with Crippen LogP contribution in [0, 0.1) is 29.1 Å². The predicted octanol–water partition coefficient (Wildman–Crippen LogP) is 3.39. The Hall–Kier alpha value is -3.96. The normalized spacial score (nSPS) is 11.0. The van der Waals surface area contributed by atoms with Crippen molar-refractivity contribution >= 4 is 17.4 Å². The van der Waals surface area contributed by atoms with E-state index in [-0.39, 0.29) is 18.9 Å². The molecule has 0 bridgehead atoms. The van der Waals surface area contributed by atoms with Gasteiger partial charge in [0.05, 0.1) is 13.0 Å². The lowest BCUT2D eigenvalue weighted by atomic mass is 10.1. The van der Waals surface area contributed by atoms with Gasteiger partial charge in [-0.2, -0.15) is 0 Å². The minimum atomic E-state index is -2.36. The molecule has 1 aromatic heterocycles. The largest absolute Gasteiger partial charge is 0.383 e. The minimum absolute atomic E-state index is 0.107. The molecule has 0 fully saturated rings. The highest BCUT2D eigenvalue weighted by atomic mass is 19.2. The third kappa shape index (κ3) is 5.10. The molecule has 0 atom stereocenters. The van der Waals surface area contributed by atoms with Crippen molar-refractivity contribution in [1.82, 2.24) is 9.55 Å². The Morgan fingerprint density at radius 1 is 0.971 bits per heavy atom. The van der Waals surface area contributed by atoms with E-state index in [2.05, 4.69) is 4.98 Å². The average Bonchev–Trinajstić information content (AvgIpc) is 2.83. The van der Waals surface area contributed by atoms with Gasteiger partial charge in [-0.3, -0.25) is 24.0 Å². The van der Waals surface area contributed by atoms with Gasteiger partial charge in [0.2, 0.25) is 11.7 Å². The quantitative estimate of drug-likeness (QED) is 0.284. The molecule has 1 heterocycles. The van der Waals surface area contributed by atoms with Crippen molar-refractivity contribution < 1.29 is 26.7 Å². The van der Waals surface area contributed by atoms with E-state index in [9.17, 15) is 36.3 Å². The van der Waals surface area contributed by atoms with E-state index < -0.39 is 63.9 Å². The molecule has 0 aliphatic rings. The molecule has 0 aliphatic heterocycles. The molecular formula is C23H21F5N4O3. The van der Waals surface area contributed by atoms with Crippen molar-refractivity contribution in [2.24, 2.45) is 0 Å². The summed E-state index contributed by atoms with van der Waals surface area (Å²) in [5, 5.41) is 0. The topological polar surface area (TPSA) is 101 Å². The van der Waals surface area contributed by atoms with E-state index in [1.165, 1.54) is 0 Å². The van der Waals surface area contributed by atoms with Gasteiger partial charge in [0.1, 0.15) is 5.82 Å². The smallest absolute Gasteiger partial charge is 0.330 e. The second kappa shape index (κ2) is 10.5. The maximum Gasteiger partial charge on any atom is 0.330 e. The molecule has 12 heteroatoms. The second-order valence-electron chi connectivity index (χ2n) is 7.69. The van der Waals surface area contributed by atoms with Gasteiger partial charge >= 0.3 is 5.69 Å². The molecule has 0 aliphatic carbocycles. The van der Waals surface area contributed by atoms with Crippen molar-refractivity contribution in [3.8, 4) is 0 Å². The first kappa shape index (κ1) is 25.7. The van der Waals surface area contributed by atoms with Gasteiger partial charge < -0.3 is 5.73 Å². The number of amides is 1. The number of benzene rings is 2. The molecule has 0 saturated carbocycles. The molecule has 0 unspecified atom stereocenters. The zero-order valence-electron chi connectivity index (χ0n) is 18.5. The lowest BCUT2D eigenvalue weighted by Gasteiger charge is -2.25. The third-order valence-corrected chi connectivity index (χ3v) is 5.33. The first-order valence-corrected chi connectivity index (χ1v) is 10.6. The molecule has 2 aromatic carbocycles. The Bertz CT molecular complexity index is 1340. The molecule has 0 radical (unpaired) electrons. The van der Waals surface area contributed by atoms with Crippen LogP contribution >= 0.6 is 0 Å². The van der Waals surface area contributed by atoms with Crippen LogP contribution in [-0.2, 0) is 24.3 Å². The maximum atomic E-state index is 14.2. The Morgan fingerprint density at radius 3 is 2.11 bits per heavy atom. The Labute approximate surface area is 195 Å². The zero-order valence-corrected chi connectivity index (χ0v) is 18.5. The van der Waals surface area contributed by atoms with E-state index in [1.807, 2.05) is 6.92 Å². The number of hydrogen-bond acceptors (Lipinski definition) is 4. The minimum Gasteiger partial charge on any atom is -0.383 e. The number of nitrogen functional groups attached to an aromatic ring is 1. The fraction of sp³-hybridized carbons (Fsp3) is 0.261. The van der Waals surface area contributed by atoms with E-state index in [0.29, 0.717) is 18.4 Å². The first-order valence-electron chi connectivity index (χ1n) is 10.6. The van der Waals surface area contributed by atoms with Crippen LogP contribution in [0.15, 0.2) is 39.9 Å². The van der Waals surface area contributed by atoms with Crippen LogP contribution in [0.5, 0.6) is 0 Å². The molecule has 186 valence electrons. The molecule has 0 spiro atoms. The standard InChI is InChI=1S/C23H21F5N4O3/c1-2-3-9-31-21(29)20(22(34)30-23(31)35)32(11-12-7-5-4-6-8-12)14(33)10-13-15(24)17(26)19(28)18(27)16(13)25/h4-8H,2-3,9-11,29H2,1H3,(H,30,34,35). The van der Waals surface area contributed by atoms with Crippen LogP contribution in [0.4, 0.5) is 33.5 Å². The van der Waals surface area contributed by atoms with Crippen molar-refractivity contribution in [3.05, 3.63) is 91.4 Å². The molecule has 0 saturated heterocycles. The van der Waals surface area contributed by atoms with Crippen molar-refractivity contribution in [1.29, 1.82) is 0 Å². The molecular weight excluding hydrogens is 475 g/mol. The highest BCUT2D eigenvalue weighted by Crippen LogP contribution is 2.26. The predicted molar refractivity (Wildman–Crippen MR) is 118 cm³/mol. The molecule has 35 heavy (non-hydrogen) atoms. The summed E-state index contributed by atoms with van der Waals surface area (Å²) < 4.78 is 70.3. The lowest BCUT2D eigenvalue weighted by molar-refractivity contribution is -0.118. The highest BCUT2D eigenvalue weighted by Gasteiger charge is 2.30. The number of rotatable bonds is 8. The SMILES string of the molecule is CCCCn1c(N)c(N(Cc2ccccc2)C(=O)Cc2c(F)c(F)c(F)c(F)c2F)c(=O)[nH]c1=O. The number of carbonyl (C=O) groups excluding carboxylic acids is 1. The highest BCUT2D eigenvalue weighted by molar-refractivity contribution is 5.96. The number of nitrogens with zero attached hydrogens (tertiary/aromatic N) is 2. The Kier molecular flexibility index (Phi) is 7.72. The number of carbonyl (C=O) groups is 1. The number of anilines is 2. The molecule has 7 nitrogen and oxygen atoms in total. The maximum absolute atomic E-state index is 14.2. The van der Waals surface area contributed by atoms with Crippen LogP contribution in [0.2, 0.25) is 0 Å². The molecule has 3 rings (SSSR count). The summed E-state index contributed by atoms with van der Waals surface area (Å²) in [6.45, 7) is 1.62. The summed E-state index contributed by atoms with van der Waals surface area (Å²) in [7, 11) is 0. The monoisotopic (exact) mass is 496 g/mol. The molecule has 3 N–H and O–H groups in total. The number of nitrogens with one attached hydrogen (secondary N) is 1. The van der Waals surface area contributed by atoms with Crippen LogP contribution in [0.1, 0.15) is 30.9 Å². The van der Waals surface area contributed by atoms with Crippen LogP contribution in [0.25, 0.3) is 0 Å². The van der Waals surface area contributed by atoms with Crippen LogP contribution < -0.4 is 21.9 Å². The van der Waals surface area contributed by atoms with Gasteiger partial charge in [-0.25, -0.2) is 26.7 Å². The number of nitrogens with two attached hydrogens (primary N) is 1. The summed E-state index contributed by atoms with van der Waals surface area (Å²) in [5.74, 6) is -12.7. The first-order chi connectivity index (χ1) is 16.6. The van der Waals surface area contributed by atoms with Gasteiger partial charge in [-0.15, -0.1) is 0 Å². The van der Waals surface area contributed by atoms with Crippen LogP contribution in [-0.4, -0.2) is 15.5 Å². The number of aromatic amines is 1. The van der Waals surface area contributed by atoms with E-state index >= 15 is 0 Å². The number of aromatic nitrogens is 2. The van der Waals surface area contributed by atoms with Gasteiger partial charge in [0.15, 0.2) is 29.0 Å².